The number of anilines is 1. The number of thiazole rings is 1. The molecular formula is C17H11Cl3N4O2S. The van der Waals surface area contributed by atoms with Crippen LogP contribution in [0.3, 0.4) is 0 Å². The van der Waals surface area contributed by atoms with Gasteiger partial charge in [-0.15, -0.1) is 11.3 Å². The number of hydrogen-bond donors (Lipinski definition) is 2. The highest BCUT2D eigenvalue weighted by atomic mass is 35.5. The van der Waals surface area contributed by atoms with Gasteiger partial charge in [0.1, 0.15) is 10.8 Å². The van der Waals surface area contributed by atoms with Crippen molar-refractivity contribution in [3.8, 4) is 0 Å². The molecule has 27 heavy (non-hydrogen) atoms. The van der Waals surface area contributed by atoms with Crippen molar-refractivity contribution in [1.29, 1.82) is 0 Å². The standard InChI is InChI=1S/C17H11Cl3N4O2S/c18-11-3-2-10(5-12(11)19)15(25)24-17-23-13(8-27-17)16(26)22-7-9-1-4-14(20)21-6-9/h1-6,8H,7H2,(H,22,26)(H,23,24,25). The summed E-state index contributed by atoms with van der Waals surface area (Å²) in [5.74, 6) is -0.765. The van der Waals surface area contributed by atoms with Gasteiger partial charge in [-0.1, -0.05) is 40.9 Å². The van der Waals surface area contributed by atoms with Crippen LogP contribution in [0.4, 0.5) is 5.13 Å². The van der Waals surface area contributed by atoms with Crippen LogP contribution in [0.1, 0.15) is 26.4 Å². The van der Waals surface area contributed by atoms with E-state index >= 15 is 0 Å². The molecule has 6 nitrogen and oxygen atoms in total. The van der Waals surface area contributed by atoms with Crippen molar-refractivity contribution in [3.63, 3.8) is 0 Å². The van der Waals surface area contributed by atoms with Crippen LogP contribution >= 0.6 is 46.1 Å². The SMILES string of the molecule is O=C(Nc1nc(C(=O)NCc2ccc(Cl)nc2)cs1)c1ccc(Cl)c(Cl)c1. The van der Waals surface area contributed by atoms with Crippen LogP contribution < -0.4 is 10.6 Å². The summed E-state index contributed by atoms with van der Waals surface area (Å²) in [5.41, 5.74) is 1.34. The highest BCUT2D eigenvalue weighted by molar-refractivity contribution is 7.14. The molecule has 0 unspecified atom stereocenters. The van der Waals surface area contributed by atoms with Gasteiger partial charge in [0.15, 0.2) is 5.13 Å². The van der Waals surface area contributed by atoms with Gasteiger partial charge in [-0.05, 0) is 29.8 Å². The zero-order chi connectivity index (χ0) is 19.4. The Morgan fingerprint density at radius 2 is 1.85 bits per heavy atom. The highest BCUT2D eigenvalue weighted by Crippen LogP contribution is 2.23. The van der Waals surface area contributed by atoms with Crippen molar-refractivity contribution < 1.29 is 9.59 Å². The first-order chi connectivity index (χ1) is 12.9. The normalized spacial score (nSPS) is 10.5. The Morgan fingerprint density at radius 1 is 1.04 bits per heavy atom. The van der Waals surface area contributed by atoms with Crippen LogP contribution in [-0.2, 0) is 6.54 Å². The molecule has 0 bridgehead atoms. The number of aromatic nitrogens is 2. The number of nitrogens with zero attached hydrogens (tertiary/aromatic N) is 2. The lowest BCUT2D eigenvalue weighted by Gasteiger charge is -2.04. The summed E-state index contributed by atoms with van der Waals surface area (Å²) < 4.78 is 0. The monoisotopic (exact) mass is 440 g/mol. The molecule has 3 rings (SSSR count). The van der Waals surface area contributed by atoms with Gasteiger partial charge in [-0.2, -0.15) is 0 Å². The van der Waals surface area contributed by atoms with Crippen LogP contribution in [0.5, 0.6) is 0 Å². The highest BCUT2D eigenvalue weighted by Gasteiger charge is 2.14. The van der Waals surface area contributed by atoms with E-state index in [-0.39, 0.29) is 23.2 Å². The van der Waals surface area contributed by atoms with Crippen LogP contribution in [0.25, 0.3) is 0 Å². The molecule has 10 heteroatoms. The van der Waals surface area contributed by atoms with E-state index in [9.17, 15) is 9.59 Å². The summed E-state index contributed by atoms with van der Waals surface area (Å²) in [6.07, 6.45) is 1.58. The maximum atomic E-state index is 12.2. The Labute approximate surface area is 173 Å². The topological polar surface area (TPSA) is 84.0 Å². The van der Waals surface area contributed by atoms with Gasteiger partial charge in [0.2, 0.25) is 0 Å². The molecule has 0 aliphatic heterocycles. The smallest absolute Gasteiger partial charge is 0.271 e. The lowest BCUT2D eigenvalue weighted by Crippen LogP contribution is -2.23. The summed E-state index contributed by atoms with van der Waals surface area (Å²) in [4.78, 5) is 32.5. The number of amides is 2. The molecule has 2 amide bonds. The Balaban J connectivity index is 1.60. The summed E-state index contributed by atoms with van der Waals surface area (Å²) in [6.45, 7) is 0.283. The maximum absolute atomic E-state index is 12.2. The van der Waals surface area contributed by atoms with Gasteiger partial charge in [-0.3, -0.25) is 14.9 Å². The van der Waals surface area contributed by atoms with E-state index < -0.39 is 5.91 Å². The molecule has 3 aromatic rings. The lowest BCUT2D eigenvalue weighted by molar-refractivity contribution is 0.0945. The van der Waals surface area contributed by atoms with E-state index in [1.807, 2.05) is 0 Å². The fourth-order valence-corrected chi connectivity index (χ4v) is 3.12. The van der Waals surface area contributed by atoms with Gasteiger partial charge in [0.05, 0.1) is 10.0 Å². The minimum atomic E-state index is -0.401. The maximum Gasteiger partial charge on any atom is 0.271 e. The zero-order valence-electron chi connectivity index (χ0n) is 13.5. The minimum Gasteiger partial charge on any atom is -0.347 e. The molecule has 138 valence electrons. The van der Waals surface area contributed by atoms with Gasteiger partial charge >= 0.3 is 0 Å². The molecule has 0 atom stereocenters. The molecular weight excluding hydrogens is 431 g/mol. The predicted molar refractivity (Wildman–Crippen MR) is 107 cm³/mol. The van der Waals surface area contributed by atoms with Crippen molar-refractivity contribution in [3.05, 3.63) is 73.9 Å². The third-order valence-electron chi connectivity index (χ3n) is 3.38. The number of halogens is 3. The lowest BCUT2D eigenvalue weighted by atomic mass is 10.2. The van der Waals surface area contributed by atoms with Crippen molar-refractivity contribution in [2.75, 3.05) is 5.32 Å². The Kier molecular flexibility index (Phi) is 6.28. The molecule has 2 heterocycles. The fourth-order valence-electron chi connectivity index (χ4n) is 2.03. The molecule has 1 aromatic carbocycles. The Bertz CT molecular complexity index is 992. The van der Waals surface area contributed by atoms with Crippen LogP contribution in [-0.4, -0.2) is 21.8 Å². The summed E-state index contributed by atoms with van der Waals surface area (Å²) in [5, 5.41) is 8.22. The van der Waals surface area contributed by atoms with Crippen molar-refractivity contribution in [1.82, 2.24) is 15.3 Å². The average molecular weight is 442 g/mol. The molecule has 0 fully saturated rings. The number of carbonyl (C=O) groups is 2. The molecule has 0 saturated heterocycles. The molecule has 2 N–H and O–H groups in total. The molecule has 0 aliphatic carbocycles. The largest absolute Gasteiger partial charge is 0.347 e. The molecule has 0 radical (unpaired) electrons. The summed E-state index contributed by atoms with van der Waals surface area (Å²) in [7, 11) is 0. The van der Waals surface area contributed by atoms with Crippen molar-refractivity contribution in [2.24, 2.45) is 0 Å². The number of nitrogens with one attached hydrogen (secondary N) is 2. The summed E-state index contributed by atoms with van der Waals surface area (Å²) >= 11 is 18.6. The van der Waals surface area contributed by atoms with E-state index in [2.05, 4.69) is 20.6 Å². The quantitative estimate of drug-likeness (QED) is 0.563. The van der Waals surface area contributed by atoms with Crippen LogP contribution in [0.2, 0.25) is 15.2 Å². The fraction of sp³-hybridized carbons (Fsp3) is 0.0588. The van der Waals surface area contributed by atoms with Gasteiger partial charge < -0.3 is 5.32 Å². The van der Waals surface area contributed by atoms with E-state index in [0.717, 1.165) is 16.9 Å². The van der Waals surface area contributed by atoms with Crippen LogP contribution in [0.15, 0.2) is 41.9 Å². The molecule has 0 aliphatic rings. The predicted octanol–water partition coefficient (Wildman–Crippen LogP) is 4.68. The first-order valence-corrected chi connectivity index (χ1v) is 9.54. The van der Waals surface area contributed by atoms with Gasteiger partial charge in [0.25, 0.3) is 11.8 Å². The van der Waals surface area contributed by atoms with Gasteiger partial charge in [0, 0.05) is 23.7 Å². The zero-order valence-corrected chi connectivity index (χ0v) is 16.6. The number of pyridine rings is 1. The summed E-state index contributed by atoms with van der Waals surface area (Å²) in [6, 6.07) is 7.94. The number of benzene rings is 1. The third-order valence-corrected chi connectivity index (χ3v) is 5.10. The Morgan fingerprint density at radius 3 is 2.56 bits per heavy atom. The van der Waals surface area contributed by atoms with Crippen molar-refractivity contribution >= 4 is 63.1 Å². The van der Waals surface area contributed by atoms with Gasteiger partial charge in [-0.25, -0.2) is 9.97 Å². The molecule has 0 saturated carbocycles. The second kappa shape index (κ2) is 8.67. The van der Waals surface area contributed by atoms with E-state index in [1.54, 1.807) is 29.8 Å². The van der Waals surface area contributed by atoms with E-state index in [1.165, 1.54) is 12.1 Å². The second-order valence-electron chi connectivity index (χ2n) is 5.29. The number of rotatable bonds is 5. The van der Waals surface area contributed by atoms with Crippen molar-refractivity contribution in [2.45, 2.75) is 6.54 Å². The first-order valence-electron chi connectivity index (χ1n) is 7.53. The second-order valence-corrected chi connectivity index (χ2v) is 7.35. The minimum absolute atomic E-state index is 0.200. The molecule has 0 spiro atoms. The first kappa shape index (κ1) is 19.6. The van der Waals surface area contributed by atoms with E-state index in [4.69, 9.17) is 34.8 Å². The van der Waals surface area contributed by atoms with Crippen LogP contribution in [0, 0.1) is 0 Å². The number of hydrogen-bond acceptors (Lipinski definition) is 5. The average Bonchev–Trinajstić information content (AvgIpc) is 3.11. The number of carbonyl (C=O) groups excluding carboxylic acids is 2. The molecule has 2 aromatic heterocycles. The van der Waals surface area contributed by atoms with E-state index in [0.29, 0.717) is 20.9 Å². The Hall–Kier alpha value is -2.19. The third kappa shape index (κ3) is 5.17.